The van der Waals surface area contributed by atoms with Gasteiger partial charge in [0.05, 0.1) is 7.11 Å². The van der Waals surface area contributed by atoms with Gasteiger partial charge in [-0.15, -0.1) is 0 Å². The summed E-state index contributed by atoms with van der Waals surface area (Å²) in [4.78, 5) is 35.9. The van der Waals surface area contributed by atoms with Crippen LogP contribution in [0.4, 0.5) is 0 Å². The Morgan fingerprint density at radius 3 is 2.56 bits per heavy atom. The molecule has 3 atom stereocenters. The predicted molar refractivity (Wildman–Crippen MR) is 101 cm³/mol. The Labute approximate surface area is 157 Å². The number of ether oxygens (including phenoxy) is 2. The number of esters is 1. The first-order chi connectivity index (χ1) is 12.8. The predicted octanol–water partition coefficient (Wildman–Crippen LogP) is 2.57. The minimum atomic E-state index is -0.852. The van der Waals surface area contributed by atoms with Crippen LogP contribution in [0.2, 0.25) is 0 Å². The minimum Gasteiger partial charge on any atom is -0.481 e. The Kier molecular flexibility index (Phi) is 6.60. The van der Waals surface area contributed by atoms with Crippen molar-refractivity contribution >= 4 is 22.8 Å². The standard InChI is InChI=1S/C20H25NO6/c1-6-11(2)18(20(24)25-5)21-19(23)13(4)26-14-7-8-15-12(3)9-17(22)27-16(15)10-14/h7-11,13,18H,6H2,1-5H3,(H,21,23)/t11-,13+,18-/m1/s1. The second kappa shape index (κ2) is 8.70. The maximum atomic E-state index is 12.5. The fourth-order valence-corrected chi connectivity index (χ4v) is 2.70. The summed E-state index contributed by atoms with van der Waals surface area (Å²) in [5.74, 6) is -0.618. The molecule has 2 aromatic rings. The third kappa shape index (κ3) is 4.87. The van der Waals surface area contributed by atoms with Crippen molar-refractivity contribution in [3.63, 3.8) is 0 Å². The molecule has 7 nitrogen and oxygen atoms in total. The lowest BCUT2D eigenvalue weighted by Gasteiger charge is -2.24. The van der Waals surface area contributed by atoms with E-state index in [9.17, 15) is 14.4 Å². The van der Waals surface area contributed by atoms with E-state index in [1.165, 1.54) is 13.2 Å². The fourth-order valence-electron chi connectivity index (χ4n) is 2.70. The summed E-state index contributed by atoms with van der Waals surface area (Å²) in [7, 11) is 1.29. The molecule has 1 amide bonds. The van der Waals surface area contributed by atoms with Crippen molar-refractivity contribution in [3.05, 3.63) is 40.2 Å². The summed E-state index contributed by atoms with van der Waals surface area (Å²) in [6, 6.07) is 5.71. The van der Waals surface area contributed by atoms with Gasteiger partial charge >= 0.3 is 11.6 Å². The third-order valence-corrected chi connectivity index (χ3v) is 4.57. The summed E-state index contributed by atoms with van der Waals surface area (Å²) < 4.78 is 15.6. The molecule has 7 heteroatoms. The van der Waals surface area contributed by atoms with Gasteiger partial charge in [-0.3, -0.25) is 4.79 Å². The molecule has 27 heavy (non-hydrogen) atoms. The quantitative estimate of drug-likeness (QED) is 0.590. The van der Waals surface area contributed by atoms with Crippen LogP contribution in [0.1, 0.15) is 32.8 Å². The Morgan fingerprint density at radius 1 is 1.22 bits per heavy atom. The summed E-state index contributed by atoms with van der Waals surface area (Å²) in [6.07, 6.45) is -0.145. The maximum absolute atomic E-state index is 12.5. The lowest BCUT2D eigenvalue weighted by Crippen LogP contribution is -2.49. The Morgan fingerprint density at radius 2 is 1.93 bits per heavy atom. The molecule has 0 saturated heterocycles. The molecule has 0 aliphatic carbocycles. The van der Waals surface area contributed by atoms with E-state index in [1.807, 2.05) is 20.8 Å². The van der Waals surface area contributed by atoms with E-state index >= 15 is 0 Å². The van der Waals surface area contributed by atoms with E-state index in [4.69, 9.17) is 13.9 Å². The number of nitrogens with one attached hydrogen (secondary N) is 1. The summed E-state index contributed by atoms with van der Waals surface area (Å²) in [5, 5.41) is 3.48. The molecule has 1 aromatic heterocycles. The molecule has 146 valence electrons. The number of rotatable bonds is 7. The van der Waals surface area contributed by atoms with Gasteiger partial charge in [0.1, 0.15) is 17.4 Å². The van der Waals surface area contributed by atoms with E-state index in [1.54, 1.807) is 25.1 Å². The molecule has 0 spiro atoms. The van der Waals surface area contributed by atoms with Crippen LogP contribution in [0.25, 0.3) is 11.0 Å². The Balaban J connectivity index is 2.14. The zero-order valence-corrected chi connectivity index (χ0v) is 16.2. The van der Waals surface area contributed by atoms with Gasteiger partial charge in [-0.25, -0.2) is 9.59 Å². The van der Waals surface area contributed by atoms with Gasteiger partial charge in [0.2, 0.25) is 0 Å². The van der Waals surface area contributed by atoms with Crippen LogP contribution < -0.4 is 15.7 Å². The van der Waals surface area contributed by atoms with Crippen molar-refractivity contribution in [3.8, 4) is 5.75 Å². The molecule has 0 aliphatic heterocycles. The number of fused-ring (bicyclic) bond motifs is 1. The zero-order chi connectivity index (χ0) is 20.1. The van der Waals surface area contributed by atoms with E-state index in [0.29, 0.717) is 17.8 Å². The van der Waals surface area contributed by atoms with Crippen molar-refractivity contribution in [1.29, 1.82) is 0 Å². The highest BCUT2D eigenvalue weighted by molar-refractivity contribution is 5.87. The van der Waals surface area contributed by atoms with Crippen LogP contribution in [0, 0.1) is 12.8 Å². The highest BCUT2D eigenvalue weighted by atomic mass is 16.5. The van der Waals surface area contributed by atoms with Gasteiger partial charge in [-0.05, 0) is 37.5 Å². The summed E-state index contributed by atoms with van der Waals surface area (Å²) in [6.45, 7) is 7.19. The first-order valence-corrected chi connectivity index (χ1v) is 8.86. The lowest BCUT2D eigenvalue weighted by molar-refractivity contribution is -0.147. The largest absolute Gasteiger partial charge is 0.481 e. The molecule has 0 unspecified atom stereocenters. The van der Waals surface area contributed by atoms with Crippen LogP contribution in [0.5, 0.6) is 5.75 Å². The highest BCUT2D eigenvalue weighted by Crippen LogP contribution is 2.23. The third-order valence-electron chi connectivity index (χ3n) is 4.57. The van der Waals surface area contributed by atoms with Crippen LogP contribution in [0.15, 0.2) is 33.5 Å². The lowest BCUT2D eigenvalue weighted by atomic mass is 9.99. The number of carbonyl (C=O) groups excluding carboxylic acids is 2. The molecule has 1 aromatic carbocycles. The average molecular weight is 375 g/mol. The van der Waals surface area contributed by atoms with Gasteiger partial charge in [-0.1, -0.05) is 20.3 Å². The number of hydrogen-bond donors (Lipinski definition) is 1. The summed E-state index contributed by atoms with van der Waals surface area (Å²) in [5.41, 5.74) is 0.739. The van der Waals surface area contributed by atoms with Crippen LogP contribution in [0.3, 0.4) is 0 Å². The van der Waals surface area contributed by atoms with Gasteiger partial charge in [0.25, 0.3) is 5.91 Å². The zero-order valence-electron chi connectivity index (χ0n) is 16.2. The van der Waals surface area contributed by atoms with Crippen molar-refractivity contribution in [2.75, 3.05) is 7.11 Å². The van der Waals surface area contributed by atoms with Crippen molar-refractivity contribution in [2.24, 2.45) is 5.92 Å². The van der Waals surface area contributed by atoms with E-state index in [-0.39, 0.29) is 5.92 Å². The molecule has 0 aliphatic rings. The molecule has 1 N–H and O–H groups in total. The van der Waals surface area contributed by atoms with Crippen LogP contribution in [-0.4, -0.2) is 31.1 Å². The van der Waals surface area contributed by atoms with Crippen LogP contribution in [-0.2, 0) is 14.3 Å². The van der Waals surface area contributed by atoms with Crippen LogP contribution >= 0.6 is 0 Å². The molecule has 0 bridgehead atoms. The molecule has 1 heterocycles. The average Bonchev–Trinajstić information content (AvgIpc) is 2.64. The Bertz CT molecular complexity index is 888. The monoisotopic (exact) mass is 375 g/mol. The SMILES string of the molecule is CC[C@@H](C)[C@@H](NC(=O)[C@H](C)Oc1ccc2c(C)cc(=O)oc2c1)C(=O)OC. The maximum Gasteiger partial charge on any atom is 0.336 e. The molecular formula is C20H25NO6. The number of benzene rings is 1. The molecule has 0 radical (unpaired) electrons. The van der Waals surface area contributed by atoms with Gasteiger partial charge in [0.15, 0.2) is 6.10 Å². The minimum absolute atomic E-state index is 0.0773. The number of hydrogen-bond acceptors (Lipinski definition) is 6. The molecule has 0 fully saturated rings. The molecular weight excluding hydrogens is 350 g/mol. The first kappa shape index (κ1) is 20.5. The van der Waals surface area contributed by atoms with E-state index in [0.717, 1.165) is 10.9 Å². The molecule has 0 saturated carbocycles. The first-order valence-electron chi connectivity index (χ1n) is 8.86. The van der Waals surface area contributed by atoms with Gasteiger partial charge in [-0.2, -0.15) is 0 Å². The van der Waals surface area contributed by atoms with E-state index < -0.39 is 29.6 Å². The number of carbonyl (C=O) groups is 2. The number of aryl methyl sites for hydroxylation is 1. The fraction of sp³-hybridized carbons (Fsp3) is 0.450. The number of methoxy groups -OCH3 is 1. The Hall–Kier alpha value is -2.83. The van der Waals surface area contributed by atoms with Crippen molar-refractivity contribution in [1.82, 2.24) is 5.32 Å². The van der Waals surface area contributed by atoms with Crippen molar-refractivity contribution in [2.45, 2.75) is 46.3 Å². The van der Waals surface area contributed by atoms with Gasteiger partial charge < -0.3 is 19.2 Å². The smallest absolute Gasteiger partial charge is 0.336 e. The topological polar surface area (TPSA) is 94.8 Å². The molecule has 2 rings (SSSR count). The second-order valence-corrected chi connectivity index (χ2v) is 6.56. The van der Waals surface area contributed by atoms with Crippen molar-refractivity contribution < 1.29 is 23.5 Å². The van der Waals surface area contributed by atoms with Gasteiger partial charge in [0, 0.05) is 17.5 Å². The summed E-state index contributed by atoms with van der Waals surface area (Å²) >= 11 is 0. The normalized spacial score (nSPS) is 14.3. The number of amides is 1. The highest BCUT2D eigenvalue weighted by Gasteiger charge is 2.29. The second-order valence-electron chi connectivity index (χ2n) is 6.56. The van der Waals surface area contributed by atoms with E-state index in [2.05, 4.69) is 5.32 Å².